The molecular formula is C11H13N3O. The van der Waals surface area contributed by atoms with Crippen LogP contribution in [0.15, 0.2) is 41.5 Å². The number of rotatable bonds is 3. The number of H-pyrrole nitrogens is 1. The summed E-state index contributed by atoms with van der Waals surface area (Å²) in [4.78, 5) is 14.0. The van der Waals surface area contributed by atoms with E-state index in [4.69, 9.17) is 5.73 Å². The predicted octanol–water partition coefficient (Wildman–Crippen LogP) is 0.667. The molecule has 0 radical (unpaired) electrons. The van der Waals surface area contributed by atoms with Crippen molar-refractivity contribution in [1.29, 1.82) is 0 Å². The Kier molecular flexibility index (Phi) is 2.69. The summed E-state index contributed by atoms with van der Waals surface area (Å²) in [7, 11) is 0. The monoisotopic (exact) mass is 203 g/mol. The Bertz CT molecular complexity index is 498. The van der Waals surface area contributed by atoms with Crippen molar-refractivity contribution in [3.63, 3.8) is 0 Å². The molecule has 0 aliphatic rings. The van der Waals surface area contributed by atoms with Crippen molar-refractivity contribution in [2.24, 2.45) is 5.73 Å². The number of imidazole rings is 1. The second-order valence-corrected chi connectivity index (χ2v) is 3.34. The first-order valence-electron chi connectivity index (χ1n) is 4.86. The third kappa shape index (κ3) is 1.99. The average Bonchev–Trinajstić information content (AvgIpc) is 2.65. The van der Waals surface area contributed by atoms with Crippen LogP contribution in [-0.4, -0.2) is 16.1 Å². The minimum Gasteiger partial charge on any atom is -0.330 e. The highest BCUT2D eigenvalue weighted by Crippen LogP contribution is 2.08. The molecule has 0 fully saturated rings. The summed E-state index contributed by atoms with van der Waals surface area (Å²) >= 11 is 0. The molecule has 0 spiro atoms. The van der Waals surface area contributed by atoms with Gasteiger partial charge >= 0.3 is 5.69 Å². The van der Waals surface area contributed by atoms with Crippen LogP contribution in [0, 0.1) is 0 Å². The molecule has 1 heterocycles. The van der Waals surface area contributed by atoms with Crippen molar-refractivity contribution in [2.75, 3.05) is 6.54 Å². The Hall–Kier alpha value is -1.81. The van der Waals surface area contributed by atoms with Crippen LogP contribution in [0.1, 0.15) is 5.56 Å². The zero-order valence-corrected chi connectivity index (χ0v) is 8.31. The van der Waals surface area contributed by atoms with E-state index in [-0.39, 0.29) is 5.69 Å². The lowest BCUT2D eigenvalue weighted by atomic mass is 10.1. The zero-order valence-electron chi connectivity index (χ0n) is 8.31. The first kappa shape index (κ1) is 9.73. The van der Waals surface area contributed by atoms with E-state index in [9.17, 15) is 4.79 Å². The molecule has 3 N–H and O–H groups in total. The zero-order chi connectivity index (χ0) is 10.7. The molecule has 2 rings (SSSR count). The number of benzene rings is 1. The van der Waals surface area contributed by atoms with Gasteiger partial charge in [0, 0.05) is 12.4 Å². The normalized spacial score (nSPS) is 10.5. The fraction of sp³-hybridized carbons (Fsp3) is 0.182. The maximum Gasteiger partial charge on any atom is 0.330 e. The number of nitrogens with two attached hydrogens (primary N) is 1. The molecule has 0 amide bonds. The molecule has 0 aliphatic carbocycles. The second-order valence-electron chi connectivity index (χ2n) is 3.34. The molecule has 4 nitrogen and oxygen atoms in total. The molecule has 0 saturated carbocycles. The topological polar surface area (TPSA) is 63.8 Å². The van der Waals surface area contributed by atoms with E-state index in [1.54, 1.807) is 17.0 Å². The Morgan fingerprint density at radius 2 is 2.27 bits per heavy atom. The first-order chi connectivity index (χ1) is 7.31. The Balaban J connectivity index is 2.41. The summed E-state index contributed by atoms with van der Waals surface area (Å²) in [6, 6.07) is 7.81. The van der Waals surface area contributed by atoms with Crippen LogP contribution in [-0.2, 0) is 6.42 Å². The third-order valence-corrected chi connectivity index (χ3v) is 2.27. The summed E-state index contributed by atoms with van der Waals surface area (Å²) in [5.41, 5.74) is 7.37. The number of hydrogen-bond donors (Lipinski definition) is 2. The summed E-state index contributed by atoms with van der Waals surface area (Å²) < 4.78 is 1.57. The van der Waals surface area contributed by atoms with Crippen LogP contribution in [0.25, 0.3) is 5.69 Å². The highest BCUT2D eigenvalue weighted by atomic mass is 16.1. The van der Waals surface area contributed by atoms with Gasteiger partial charge in [0.15, 0.2) is 0 Å². The minimum absolute atomic E-state index is 0.125. The summed E-state index contributed by atoms with van der Waals surface area (Å²) in [5, 5.41) is 0. The van der Waals surface area contributed by atoms with Gasteiger partial charge in [0.25, 0.3) is 0 Å². The van der Waals surface area contributed by atoms with Crippen molar-refractivity contribution in [3.8, 4) is 5.69 Å². The van der Waals surface area contributed by atoms with Crippen molar-refractivity contribution in [2.45, 2.75) is 6.42 Å². The smallest absolute Gasteiger partial charge is 0.330 e. The maximum atomic E-state index is 11.4. The minimum atomic E-state index is -0.125. The van der Waals surface area contributed by atoms with Crippen LogP contribution in [0.5, 0.6) is 0 Å². The molecule has 4 heteroatoms. The van der Waals surface area contributed by atoms with Gasteiger partial charge in [-0.15, -0.1) is 0 Å². The van der Waals surface area contributed by atoms with Crippen molar-refractivity contribution < 1.29 is 0 Å². The van der Waals surface area contributed by atoms with Gasteiger partial charge in [0.05, 0.1) is 5.69 Å². The molecule has 0 bridgehead atoms. The number of hydrogen-bond acceptors (Lipinski definition) is 2. The maximum absolute atomic E-state index is 11.4. The van der Waals surface area contributed by atoms with Gasteiger partial charge < -0.3 is 10.7 Å². The highest BCUT2D eigenvalue weighted by Gasteiger charge is 2.00. The summed E-state index contributed by atoms with van der Waals surface area (Å²) in [5.74, 6) is 0. The lowest BCUT2D eigenvalue weighted by molar-refractivity contribution is 0.948. The second kappa shape index (κ2) is 4.14. The van der Waals surface area contributed by atoms with Gasteiger partial charge in [-0.25, -0.2) is 4.79 Å². The third-order valence-electron chi connectivity index (χ3n) is 2.27. The van der Waals surface area contributed by atoms with Crippen LogP contribution in [0.4, 0.5) is 0 Å². The lowest BCUT2D eigenvalue weighted by Crippen LogP contribution is -2.14. The van der Waals surface area contributed by atoms with Crippen LogP contribution in [0.3, 0.4) is 0 Å². The molecular weight excluding hydrogens is 190 g/mol. The summed E-state index contributed by atoms with van der Waals surface area (Å²) in [6.45, 7) is 0.617. The largest absolute Gasteiger partial charge is 0.330 e. The van der Waals surface area contributed by atoms with Crippen molar-refractivity contribution >= 4 is 0 Å². The lowest BCUT2D eigenvalue weighted by Gasteiger charge is -2.03. The van der Waals surface area contributed by atoms with Gasteiger partial charge in [-0.1, -0.05) is 12.1 Å². The number of nitrogens with zero attached hydrogens (tertiary/aromatic N) is 1. The van der Waals surface area contributed by atoms with E-state index in [0.717, 1.165) is 17.7 Å². The van der Waals surface area contributed by atoms with Crippen LogP contribution < -0.4 is 11.4 Å². The molecule has 0 unspecified atom stereocenters. The first-order valence-corrected chi connectivity index (χ1v) is 4.86. The molecule has 1 aromatic carbocycles. The van der Waals surface area contributed by atoms with Gasteiger partial charge in [-0.2, -0.15) is 0 Å². The molecule has 0 saturated heterocycles. The average molecular weight is 203 g/mol. The van der Waals surface area contributed by atoms with Gasteiger partial charge in [0.2, 0.25) is 0 Å². The fourth-order valence-corrected chi connectivity index (χ4v) is 1.55. The summed E-state index contributed by atoms with van der Waals surface area (Å²) in [6.07, 6.45) is 4.16. The molecule has 1 aromatic heterocycles. The molecule has 78 valence electrons. The number of aromatic amines is 1. The van der Waals surface area contributed by atoms with E-state index < -0.39 is 0 Å². The van der Waals surface area contributed by atoms with Crippen LogP contribution in [0.2, 0.25) is 0 Å². The van der Waals surface area contributed by atoms with E-state index >= 15 is 0 Å². The predicted molar refractivity (Wildman–Crippen MR) is 59.1 cm³/mol. The molecule has 0 atom stereocenters. The fourth-order valence-electron chi connectivity index (χ4n) is 1.55. The standard InChI is InChI=1S/C11H13N3O/c12-5-4-9-2-1-3-10(8-9)14-7-6-13-11(14)15/h1-3,6-8H,4-5,12H2,(H,13,15). The van der Waals surface area contributed by atoms with Crippen molar-refractivity contribution in [1.82, 2.24) is 9.55 Å². The van der Waals surface area contributed by atoms with Crippen molar-refractivity contribution in [3.05, 3.63) is 52.7 Å². The highest BCUT2D eigenvalue weighted by molar-refractivity contribution is 5.35. The van der Waals surface area contributed by atoms with E-state index in [0.29, 0.717) is 6.54 Å². The van der Waals surface area contributed by atoms with Crippen LogP contribution >= 0.6 is 0 Å². The molecule has 15 heavy (non-hydrogen) atoms. The number of aromatic nitrogens is 2. The van der Waals surface area contributed by atoms with Gasteiger partial charge in [-0.05, 0) is 30.7 Å². The van der Waals surface area contributed by atoms with Gasteiger partial charge in [0.1, 0.15) is 0 Å². The Morgan fingerprint density at radius 1 is 1.40 bits per heavy atom. The SMILES string of the molecule is NCCc1cccc(-n2cc[nH]c2=O)c1. The molecule has 0 aliphatic heterocycles. The number of nitrogens with one attached hydrogen (secondary N) is 1. The quantitative estimate of drug-likeness (QED) is 0.770. The Labute approximate surface area is 87.4 Å². The van der Waals surface area contributed by atoms with Gasteiger partial charge in [-0.3, -0.25) is 4.57 Å². The van der Waals surface area contributed by atoms with E-state index in [1.165, 1.54) is 0 Å². The van der Waals surface area contributed by atoms with E-state index in [1.807, 2.05) is 24.3 Å². The molecule has 2 aromatic rings. The van der Waals surface area contributed by atoms with E-state index in [2.05, 4.69) is 4.98 Å². The Morgan fingerprint density at radius 3 is 2.93 bits per heavy atom.